The molecule has 1 aliphatic rings. The average Bonchev–Trinajstić information content (AvgIpc) is 3.48. The first-order chi connectivity index (χ1) is 23.0. The molecule has 1 aliphatic heterocycles. The zero-order chi connectivity index (χ0) is 34.2. The van der Waals surface area contributed by atoms with Gasteiger partial charge in [0, 0.05) is 62.0 Å². The third-order valence-electron chi connectivity index (χ3n) is 7.65. The summed E-state index contributed by atoms with van der Waals surface area (Å²) < 4.78 is 35.6. The van der Waals surface area contributed by atoms with Gasteiger partial charge in [-0.25, -0.2) is 9.18 Å². The lowest BCUT2D eigenvalue weighted by Crippen LogP contribution is -2.42. The number of carbonyl (C=O) groups excluding carboxylic acids is 1. The summed E-state index contributed by atoms with van der Waals surface area (Å²) in [4.78, 5) is 21.0. The van der Waals surface area contributed by atoms with Crippen molar-refractivity contribution in [3.05, 3.63) is 94.4 Å². The van der Waals surface area contributed by atoms with Gasteiger partial charge in [0.15, 0.2) is 0 Å². The maximum absolute atomic E-state index is 13.5. The van der Waals surface area contributed by atoms with Gasteiger partial charge in [-0.2, -0.15) is 0 Å². The van der Waals surface area contributed by atoms with Crippen molar-refractivity contribution in [2.75, 3.05) is 60.2 Å². The number of hydrogen-bond acceptors (Lipinski definition) is 6. The zero-order valence-electron chi connectivity index (χ0n) is 28.5. The highest BCUT2D eigenvalue weighted by Crippen LogP contribution is 2.40. The summed E-state index contributed by atoms with van der Waals surface area (Å²) in [6.45, 7) is 12.9. The molecule has 0 bridgehead atoms. The number of H-pyrrole nitrogens is 1. The Morgan fingerprint density at radius 1 is 0.894 bits per heavy atom. The molecule has 4 aromatic rings. The van der Waals surface area contributed by atoms with Gasteiger partial charge in [-0.1, -0.05) is 51.4 Å². The SMILES string of the molecule is CC.CC.COCCN(CCCOc1ccc(C2c3[nH]c4ccc(Cl)cc4c3CCN2C(=O)Oc2ccc(F)cc2)cc1)CCOC. The van der Waals surface area contributed by atoms with E-state index in [1.807, 2.05) is 70.2 Å². The fourth-order valence-electron chi connectivity index (χ4n) is 5.47. The summed E-state index contributed by atoms with van der Waals surface area (Å²) in [6, 6.07) is 18.6. The fourth-order valence-corrected chi connectivity index (χ4v) is 5.64. The molecule has 0 fully saturated rings. The number of nitrogens with one attached hydrogen (secondary N) is 1. The van der Waals surface area contributed by atoms with E-state index in [9.17, 15) is 9.18 Å². The maximum atomic E-state index is 13.5. The van der Waals surface area contributed by atoms with Crippen LogP contribution in [-0.2, 0) is 15.9 Å². The largest absolute Gasteiger partial charge is 0.494 e. The summed E-state index contributed by atoms with van der Waals surface area (Å²) in [6.07, 6.45) is 0.991. The number of carbonyl (C=O) groups is 1. The van der Waals surface area contributed by atoms with Gasteiger partial charge in [-0.15, -0.1) is 0 Å². The molecule has 8 nitrogen and oxygen atoms in total. The normalized spacial score (nSPS) is 13.7. The molecular formula is C37H49ClFN3O5. The number of amides is 1. The monoisotopic (exact) mass is 669 g/mol. The van der Waals surface area contributed by atoms with Gasteiger partial charge >= 0.3 is 6.09 Å². The second-order valence-corrected chi connectivity index (χ2v) is 10.9. The maximum Gasteiger partial charge on any atom is 0.416 e. The van der Waals surface area contributed by atoms with E-state index in [2.05, 4.69) is 9.88 Å². The summed E-state index contributed by atoms with van der Waals surface area (Å²) in [5.41, 5.74) is 3.91. The molecule has 10 heteroatoms. The predicted octanol–water partition coefficient (Wildman–Crippen LogP) is 8.52. The molecule has 3 aromatic carbocycles. The predicted molar refractivity (Wildman–Crippen MR) is 187 cm³/mol. The Balaban J connectivity index is 0.00000144. The van der Waals surface area contributed by atoms with E-state index in [0.29, 0.717) is 37.8 Å². The highest BCUT2D eigenvalue weighted by Gasteiger charge is 2.35. The first-order valence-electron chi connectivity index (χ1n) is 16.4. The minimum Gasteiger partial charge on any atom is -0.494 e. The molecule has 1 atom stereocenters. The van der Waals surface area contributed by atoms with Gasteiger partial charge < -0.3 is 23.9 Å². The van der Waals surface area contributed by atoms with Crippen LogP contribution in [0.1, 0.15) is 57.0 Å². The first-order valence-corrected chi connectivity index (χ1v) is 16.8. The van der Waals surface area contributed by atoms with Crippen molar-refractivity contribution < 1.29 is 28.1 Å². The van der Waals surface area contributed by atoms with Crippen LogP contribution in [-0.4, -0.2) is 81.1 Å². The fraction of sp³-hybridized carbons (Fsp3) is 0.432. The summed E-state index contributed by atoms with van der Waals surface area (Å²) >= 11 is 6.33. The Morgan fingerprint density at radius 2 is 1.53 bits per heavy atom. The number of ether oxygens (including phenoxy) is 4. The van der Waals surface area contributed by atoms with Gasteiger partial charge in [-0.3, -0.25) is 9.80 Å². The van der Waals surface area contributed by atoms with Crippen LogP contribution in [0.25, 0.3) is 10.9 Å². The molecule has 0 radical (unpaired) electrons. The molecule has 47 heavy (non-hydrogen) atoms. The second-order valence-electron chi connectivity index (χ2n) is 10.5. The lowest BCUT2D eigenvalue weighted by atomic mass is 9.92. The van der Waals surface area contributed by atoms with E-state index in [4.69, 9.17) is 30.5 Å². The van der Waals surface area contributed by atoms with Crippen molar-refractivity contribution in [2.24, 2.45) is 0 Å². The number of rotatable bonds is 13. The van der Waals surface area contributed by atoms with Crippen LogP contribution in [0.15, 0.2) is 66.7 Å². The number of nitrogens with zero attached hydrogens (tertiary/aromatic N) is 2. The van der Waals surface area contributed by atoms with Crippen molar-refractivity contribution in [1.29, 1.82) is 0 Å². The topological polar surface area (TPSA) is 76.3 Å². The average molecular weight is 670 g/mol. The van der Waals surface area contributed by atoms with Crippen LogP contribution in [0, 0.1) is 5.82 Å². The van der Waals surface area contributed by atoms with Gasteiger partial charge in [-0.05, 0) is 78.6 Å². The van der Waals surface area contributed by atoms with Crippen LogP contribution in [0.2, 0.25) is 5.02 Å². The number of aromatic amines is 1. The molecule has 1 amide bonds. The Kier molecular flexibility index (Phi) is 16.0. The molecule has 0 aliphatic carbocycles. The molecule has 2 heterocycles. The van der Waals surface area contributed by atoms with E-state index < -0.39 is 18.0 Å². The summed E-state index contributed by atoms with van der Waals surface area (Å²) in [5, 5.41) is 1.70. The second kappa shape index (κ2) is 19.9. The van der Waals surface area contributed by atoms with Crippen molar-refractivity contribution >= 4 is 28.6 Å². The molecule has 1 aromatic heterocycles. The van der Waals surface area contributed by atoms with E-state index in [0.717, 1.165) is 59.5 Å². The minimum absolute atomic E-state index is 0.283. The lowest BCUT2D eigenvalue weighted by Gasteiger charge is -2.35. The molecule has 0 saturated heterocycles. The molecule has 1 N–H and O–H groups in total. The van der Waals surface area contributed by atoms with E-state index in [1.54, 1.807) is 19.1 Å². The molecular weight excluding hydrogens is 621 g/mol. The number of methoxy groups -OCH3 is 2. The van der Waals surface area contributed by atoms with Crippen LogP contribution in [0.3, 0.4) is 0 Å². The molecule has 1 unspecified atom stereocenters. The third-order valence-corrected chi connectivity index (χ3v) is 7.88. The lowest BCUT2D eigenvalue weighted by molar-refractivity contribution is 0.110. The van der Waals surface area contributed by atoms with Gasteiger partial charge in [0.05, 0.1) is 19.8 Å². The number of benzene rings is 3. The van der Waals surface area contributed by atoms with Crippen LogP contribution in [0.4, 0.5) is 9.18 Å². The third kappa shape index (κ3) is 10.4. The van der Waals surface area contributed by atoms with Crippen molar-refractivity contribution in [1.82, 2.24) is 14.8 Å². The number of halogens is 2. The van der Waals surface area contributed by atoms with Crippen molar-refractivity contribution in [3.8, 4) is 11.5 Å². The highest BCUT2D eigenvalue weighted by atomic mass is 35.5. The van der Waals surface area contributed by atoms with Crippen LogP contribution < -0.4 is 9.47 Å². The molecule has 0 spiro atoms. The molecule has 5 rings (SSSR count). The Labute approximate surface area is 283 Å². The standard InChI is InChI=1S/C33H37ClFN3O5.2C2H6/c1-40-20-17-37(18-21-41-2)15-3-19-42-26-9-4-23(5-10-26)32-31-28(29-22-24(34)6-13-30(29)36-31)14-16-38(32)33(39)43-27-11-7-25(35)8-12-27;2*1-2/h4-13,22,32,36H,3,14-21H2,1-2H3;2*1-2H3. The smallest absolute Gasteiger partial charge is 0.416 e. The Bertz CT molecular complexity index is 1490. The Morgan fingerprint density at radius 3 is 2.17 bits per heavy atom. The Hall–Kier alpha value is -3.63. The molecule has 256 valence electrons. The quantitative estimate of drug-likeness (QED) is 0.144. The van der Waals surface area contributed by atoms with Crippen molar-refractivity contribution in [3.63, 3.8) is 0 Å². The zero-order valence-corrected chi connectivity index (χ0v) is 29.2. The van der Waals surface area contributed by atoms with Gasteiger partial charge in [0.2, 0.25) is 0 Å². The number of hydrogen-bond donors (Lipinski definition) is 1. The van der Waals surface area contributed by atoms with Gasteiger partial charge in [0.25, 0.3) is 0 Å². The van der Waals surface area contributed by atoms with Crippen LogP contribution in [0.5, 0.6) is 11.5 Å². The number of aromatic nitrogens is 1. The van der Waals surface area contributed by atoms with Gasteiger partial charge in [0.1, 0.15) is 23.4 Å². The highest BCUT2D eigenvalue weighted by molar-refractivity contribution is 6.31. The first kappa shape index (κ1) is 37.8. The minimum atomic E-state index is -0.509. The van der Waals surface area contributed by atoms with E-state index in [1.165, 1.54) is 24.3 Å². The summed E-state index contributed by atoms with van der Waals surface area (Å²) in [5.74, 6) is 0.643. The summed E-state index contributed by atoms with van der Waals surface area (Å²) in [7, 11) is 3.41. The number of fused-ring (bicyclic) bond motifs is 3. The van der Waals surface area contributed by atoms with Crippen molar-refractivity contribution in [2.45, 2.75) is 46.6 Å². The molecule has 0 saturated carbocycles. The van der Waals surface area contributed by atoms with E-state index in [-0.39, 0.29) is 5.75 Å². The van der Waals surface area contributed by atoms with E-state index >= 15 is 0 Å². The van der Waals surface area contributed by atoms with Crippen LogP contribution >= 0.6 is 11.6 Å².